The lowest BCUT2D eigenvalue weighted by atomic mass is 10.2. The maximum Gasteiger partial charge on any atom is 0.296 e. The SMILES string of the molecule is COc1ccc(NC(=O)CSc2nnc3c(n2)[nH]c2ccc(C)cc23)c([N+](=O)[O-])c1. The van der Waals surface area contributed by atoms with E-state index < -0.39 is 10.8 Å². The Morgan fingerprint density at radius 3 is 2.87 bits per heavy atom. The molecule has 0 radical (unpaired) electrons. The molecule has 11 heteroatoms. The maximum absolute atomic E-state index is 12.3. The molecular weight excluding hydrogens is 408 g/mol. The number of hydrogen-bond donors (Lipinski definition) is 2. The van der Waals surface area contributed by atoms with Gasteiger partial charge in [-0.1, -0.05) is 23.4 Å². The number of benzene rings is 2. The van der Waals surface area contributed by atoms with Gasteiger partial charge in [-0.15, -0.1) is 10.2 Å². The highest BCUT2D eigenvalue weighted by molar-refractivity contribution is 7.99. The number of nitro groups is 1. The van der Waals surface area contributed by atoms with E-state index in [9.17, 15) is 14.9 Å². The summed E-state index contributed by atoms with van der Waals surface area (Å²) in [5.74, 6) is -0.130. The molecule has 30 heavy (non-hydrogen) atoms. The predicted octanol–water partition coefficient (Wildman–Crippen LogP) is 3.46. The third kappa shape index (κ3) is 3.87. The van der Waals surface area contributed by atoms with Crippen LogP contribution in [-0.2, 0) is 4.79 Å². The number of aromatic nitrogens is 4. The molecule has 0 aliphatic rings. The molecule has 2 heterocycles. The summed E-state index contributed by atoms with van der Waals surface area (Å²) in [6, 6.07) is 10.2. The van der Waals surface area contributed by atoms with Gasteiger partial charge >= 0.3 is 0 Å². The highest BCUT2D eigenvalue weighted by Crippen LogP contribution is 2.29. The first-order valence-electron chi connectivity index (χ1n) is 8.82. The second kappa shape index (κ2) is 7.95. The summed E-state index contributed by atoms with van der Waals surface area (Å²) in [7, 11) is 1.41. The van der Waals surface area contributed by atoms with Gasteiger partial charge in [0.1, 0.15) is 17.0 Å². The second-order valence-electron chi connectivity index (χ2n) is 6.44. The lowest BCUT2D eigenvalue weighted by molar-refractivity contribution is -0.384. The number of carbonyl (C=O) groups excluding carboxylic acids is 1. The average Bonchev–Trinajstić information content (AvgIpc) is 3.09. The third-order valence-corrected chi connectivity index (χ3v) is 5.20. The van der Waals surface area contributed by atoms with E-state index in [0.29, 0.717) is 22.1 Å². The minimum atomic E-state index is -0.580. The van der Waals surface area contributed by atoms with Gasteiger partial charge in [-0.2, -0.15) is 0 Å². The zero-order valence-electron chi connectivity index (χ0n) is 16.0. The van der Waals surface area contributed by atoms with Gasteiger partial charge in [0.15, 0.2) is 5.65 Å². The summed E-state index contributed by atoms with van der Waals surface area (Å²) in [5, 5.41) is 23.3. The quantitative estimate of drug-likeness (QED) is 0.273. The van der Waals surface area contributed by atoms with Crippen molar-refractivity contribution in [2.75, 3.05) is 18.2 Å². The van der Waals surface area contributed by atoms with E-state index in [2.05, 4.69) is 25.5 Å². The Hall–Kier alpha value is -3.73. The van der Waals surface area contributed by atoms with Crippen molar-refractivity contribution in [2.24, 2.45) is 0 Å². The number of rotatable bonds is 6. The van der Waals surface area contributed by atoms with Gasteiger partial charge in [-0.25, -0.2) is 4.98 Å². The number of H-pyrrole nitrogens is 1. The number of aryl methyl sites for hydroxylation is 1. The van der Waals surface area contributed by atoms with Crippen molar-refractivity contribution in [1.82, 2.24) is 20.2 Å². The number of hydrogen-bond acceptors (Lipinski definition) is 8. The number of nitrogens with one attached hydrogen (secondary N) is 2. The van der Waals surface area contributed by atoms with Crippen LogP contribution in [-0.4, -0.2) is 43.9 Å². The zero-order valence-corrected chi connectivity index (χ0v) is 16.8. The van der Waals surface area contributed by atoms with E-state index in [1.165, 1.54) is 25.3 Å². The molecule has 0 aliphatic carbocycles. The Labute approximate surface area is 174 Å². The van der Waals surface area contributed by atoms with E-state index in [1.54, 1.807) is 0 Å². The fourth-order valence-corrected chi connectivity index (χ4v) is 3.53. The Morgan fingerprint density at radius 2 is 2.10 bits per heavy atom. The van der Waals surface area contributed by atoms with Gasteiger partial charge in [0.25, 0.3) is 5.69 Å². The van der Waals surface area contributed by atoms with Crippen molar-refractivity contribution in [1.29, 1.82) is 0 Å². The monoisotopic (exact) mass is 424 g/mol. The predicted molar refractivity (Wildman–Crippen MR) is 113 cm³/mol. The topological polar surface area (TPSA) is 136 Å². The van der Waals surface area contributed by atoms with Gasteiger partial charge < -0.3 is 15.0 Å². The van der Waals surface area contributed by atoms with Gasteiger partial charge in [0.05, 0.1) is 23.9 Å². The molecular formula is C19H16N6O4S. The summed E-state index contributed by atoms with van der Waals surface area (Å²) in [6.07, 6.45) is 0. The average molecular weight is 424 g/mol. The minimum absolute atomic E-state index is 0.0320. The van der Waals surface area contributed by atoms with Crippen molar-refractivity contribution >= 4 is 51.1 Å². The number of ether oxygens (including phenoxy) is 1. The highest BCUT2D eigenvalue weighted by Gasteiger charge is 2.18. The molecule has 4 rings (SSSR count). The van der Waals surface area contributed by atoms with Crippen LogP contribution in [0.4, 0.5) is 11.4 Å². The Balaban J connectivity index is 1.48. The van der Waals surface area contributed by atoms with Crippen LogP contribution in [0.25, 0.3) is 22.1 Å². The normalized spacial score (nSPS) is 11.0. The smallest absolute Gasteiger partial charge is 0.296 e. The molecule has 0 fully saturated rings. The number of thioether (sulfide) groups is 1. The summed E-state index contributed by atoms with van der Waals surface area (Å²) in [6.45, 7) is 2.00. The van der Waals surface area contributed by atoms with E-state index in [0.717, 1.165) is 28.2 Å². The molecule has 0 aliphatic heterocycles. The van der Waals surface area contributed by atoms with Crippen LogP contribution in [0.15, 0.2) is 41.6 Å². The molecule has 4 aromatic rings. The molecule has 0 saturated carbocycles. The molecule has 10 nitrogen and oxygen atoms in total. The fourth-order valence-electron chi connectivity index (χ4n) is 2.94. The van der Waals surface area contributed by atoms with Crippen molar-refractivity contribution in [3.8, 4) is 5.75 Å². The molecule has 2 N–H and O–H groups in total. The molecule has 0 spiro atoms. The minimum Gasteiger partial charge on any atom is -0.496 e. The van der Waals surface area contributed by atoms with Crippen LogP contribution in [0.1, 0.15) is 5.56 Å². The summed E-state index contributed by atoms with van der Waals surface area (Å²) < 4.78 is 4.99. The summed E-state index contributed by atoms with van der Waals surface area (Å²) >= 11 is 1.09. The number of anilines is 1. The first-order valence-corrected chi connectivity index (χ1v) is 9.81. The first kappa shape index (κ1) is 19.6. The van der Waals surface area contributed by atoms with Gasteiger partial charge in [0, 0.05) is 10.9 Å². The largest absolute Gasteiger partial charge is 0.496 e. The lowest BCUT2D eigenvalue weighted by Gasteiger charge is -2.07. The van der Waals surface area contributed by atoms with Crippen LogP contribution < -0.4 is 10.1 Å². The molecule has 2 aromatic carbocycles. The molecule has 0 bridgehead atoms. The maximum atomic E-state index is 12.3. The molecule has 2 aromatic heterocycles. The van der Waals surface area contributed by atoms with Crippen molar-refractivity contribution in [3.63, 3.8) is 0 Å². The number of aromatic amines is 1. The van der Waals surface area contributed by atoms with Crippen molar-refractivity contribution in [3.05, 3.63) is 52.1 Å². The summed E-state index contributed by atoms with van der Waals surface area (Å²) in [5.41, 5.74) is 3.10. The van der Waals surface area contributed by atoms with Gasteiger partial charge in [-0.05, 0) is 31.2 Å². The first-order chi connectivity index (χ1) is 14.4. The van der Waals surface area contributed by atoms with Crippen molar-refractivity contribution < 1.29 is 14.5 Å². The van der Waals surface area contributed by atoms with E-state index in [1.807, 2.05) is 25.1 Å². The Morgan fingerprint density at radius 1 is 1.27 bits per heavy atom. The highest BCUT2D eigenvalue weighted by atomic mass is 32.2. The Bertz CT molecular complexity index is 1290. The van der Waals surface area contributed by atoms with Crippen LogP contribution in [0, 0.1) is 17.0 Å². The zero-order chi connectivity index (χ0) is 21.3. The van der Waals surface area contributed by atoms with E-state index in [4.69, 9.17) is 4.74 Å². The second-order valence-corrected chi connectivity index (χ2v) is 7.39. The molecule has 0 unspecified atom stereocenters. The number of nitro benzene ring substituents is 1. The number of fused-ring (bicyclic) bond motifs is 3. The van der Waals surface area contributed by atoms with Crippen molar-refractivity contribution in [2.45, 2.75) is 12.1 Å². The molecule has 152 valence electrons. The third-order valence-electron chi connectivity index (χ3n) is 4.36. The number of nitrogens with zero attached hydrogens (tertiary/aromatic N) is 4. The molecule has 1 amide bonds. The van der Waals surface area contributed by atoms with Crippen LogP contribution in [0.5, 0.6) is 5.75 Å². The molecule has 0 atom stereocenters. The summed E-state index contributed by atoms with van der Waals surface area (Å²) in [4.78, 5) is 30.5. The lowest BCUT2D eigenvalue weighted by Crippen LogP contribution is -2.15. The van der Waals surface area contributed by atoms with Crippen LogP contribution in [0.3, 0.4) is 0 Å². The number of methoxy groups -OCH3 is 1. The Kier molecular flexibility index (Phi) is 5.19. The number of amides is 1. The standard InChI is InChI=1S/C19H16N6O4S/c1-10-3-5-13-12(7-10)17-18(21-13)22-19(24-23-17)30-9-16(26)20-14-6-4-11(29-2)8-15(14)25(27)28/h3-8H,9H2,1-2H3,(H,20,26)(H,21,22,24). The van der Waals surface area contributed by atoms with E-state index in [-0.39, 0.29) is 17.1 Å². The van der Waals surface area contributed by atoms with E-state index >= 15 is 0 Å². The molecule has 0 saturated heterocycles. The van der Waals surface area contributed by atoms with Gasteiger partial charge in [0.2, 0.25) is 11.1 Å². The van der Waals surface area contributed by atoms with Crippen LogP contribution in [0.2, 0.25) is 0 Å². The fraction of sp³-hybridized carbons (Fsp3) is 0.158. The van der Waals surface area contributed by atoms with Crippen LogP contribution >= 0.6 is 11.8 Å². The number of carbonyl (C=O) groups is 1. The van der Waals surface area contributed by atoms with Gasteiger partial charge in [-0.3, -0.25) is 14.9 Å².